The Morgan fingerprint density at radius 2 is 1.89 bits per heavy atom. The van der Waals surface area contributed by atoms with Crippen LogP contribution in [0.25, 0.3) is 0 Å². The van der Waals surface area contributed by atoms with Crippen molar-refractivity contribution in [1.82, 2.24) is 4.90 Å². The molecule has 0 N–H and O–H groups in total. The number of nitrogens with zero attached hydrogens (tertiary/aromatic N) is 1. The zero-order valence-corrected chi connectivity index (χ0v) is 9.79. The summed E-state index contributed by atoms with van der Waals surface area (Å²) < 4.78 is 26.3. The van der Waals surface area contributed by atoms with Crippen LogP contribution >= 0.6 is 0 Å². The van der Waals surface area contributed by atoms with Crippen molar-refractivity contribution in [2.75, 3.05) is 19.6 Å². The van der Waals surface area contributed by atoms with Gasteiger partial charge >= 0.3 is 0 Å². The van der Waals surface area contributed by atoms with Crippen LogP contribution in [0.2, 0.25) is 0 Å². The molecule has 1 aliphatic rings. The minimum atomic E-state index is -0.713. The molecule has 0 aromatic heterocycles. The van der Waals surface area contributed by atoms with Crippen LogP contribution in [0.1, 0.15) is 23.2 Å². The Hall–Kier alpha value is -1.62. The second kappa shape index (κ2) is 5.35. The molecule has 0 saturated carbocycles. The fourth-order valence-electron chi connectivity index (χ4n) is 1.96. The molecule has 0 aliphatic carbocycles. The number of Topliss-reactive ketones (excluding diaryl/α,β-unsaturated/α-hetero) is 2. The van der Waals surface area contributed by atoms with Gasteiger partial charge in [-0.15, -0.1) is 0 Å². The summed E-state index contributed by atoms with van der Waals surface area (Å²) in [7, 11) is 0. The Balaban J connectivity index is 2.03. The summed E-state index contributed by atoms with van der Waals surface area (Å²) >= 11 is 0. The second-order valence-corrected chi connectivity index (χ2v) is 4.36. The third-order valence-electron chi connectivity index (χ3n) is 3.01. The van der Waals surface area contributed by atoms with Crippen LogP contribution in [0.4, 0.5) is 8.78 Å². The molecule has 3 nitrogen and oxygen atoms in total. The van der Waals surface area contributed by atoms with E-state index >= 15 is 0 Å². The Kier molecular flexibility index (Phi) is 3.81. The fourth-order valence-corrected chi connectivity index (χ4v) is 1.96. The molecule has 1 heterocycles. The van der Waals surface area contributed by atoms with Gasteiger partial charge in [-0.3, -0.25) is 14.5 Å². The lowest BCUT2D eigenvalue weighted by Crippen LogP contribution is -2.37. The number of carbonyl (C=O) groups excluding carboxylic acids is 2. The largest absolute Gasteiger partial charge is 0.300 e. The van der Waals surface area contributed by atoms with Crippen LogP contribution < -0.4 is 0 Å². The molecule has 1 aromatic rings. The fraction of sp³-hybridized carbons (Fsp3) is 0.385. The number of halogens is 2. The van der Waals surface area contributed by atoms with Gasteiger partial charge in [0, 0.05) is 25.9 Å². The maximum Gasteiger partial charge on any atom is 0.179 e. The van der Waals surface area contributed by atoms with Crippen molar-refractivity contribution in [3.63, 3.8) is 0 Å². The van der Waals surface area contributed by atoms with Gasteiger partial charge < -0.3 is 0 Å². The predicted molar refractivity (Wildman–Crippen MR) is 61.4 cm³/mol. The number of ketones is 2. The van der Waals surface area contributed by atoms with Gasteiger partial charge in [-0.25, -0.2) is 8.78 Å². The smallest absolute Gasteiger partial charge is 0.179 e. The monoisotopic (exact) mass is 253 g/mol. The highest BCUT2D eigenvalue weighted by atomic mass is 19.1. The van der Waals surface area contributed by atoms with Crippen molar-refractivity contribution in [2.24, 2.45) is 0 Å². The van der Waals surface area contributed by atoms with E-state index < -0.39 is 17.4 Å². The van der Waals surface area contributed by atoms with Crippen molar-refractivity contribution < 1.29 is 18.4 Å². The summed E-state index contributed by atoms with van der Waals surface area (Å²) in [6.45, 7) is 1.02. The van der Waals surface area contributed by atoms with Gasteiger partial charge in [0.15, 0.2) is 5.78 Å². The lowest BCUT2D eigenvalue weighted by Gasteiger charge is -2.24. The Bertz CT molecular complexity index is 478. The van der Waals surface area contributed by atoms with E-state index in [-0.39, 0.29) is 17.9 Å². The molecule has 0 atom stereocenters. The first-order chi connectivity index (χ1) is 8.56. The molecule has 1 saturated heterocycles. The summed E-state index contributed by atoms with van der Waals surface area (Å²) in [5.41, 5.74) is -0.230. The average Bonchev–Trinajstić information content (AvgIpc) is 2.35. The van der Waals surface area contributed by atoms with Gasteiger partial charge in [0.2, 0.25) is 0 Å². The molecule has 5 heteroatoms. The molecule has 18 heavy (non-hydrogen) atoms. The molecule has 0 spiro atoms. The second-order valence-electron chi connectivity index (χ2n) is 4.36. The van der Waals surface area contributed by atoms with Crippen molar-refractivity contribution in [3.05, 3.63) is 35.4 Å². The molecule has 2 rings (SSSR count). The van der Waals surface area contributed by atoms with Crippen molar-refractivity contribution >= 4 is 11.6 Å². The molecule has 1 aliphatic heterocycles. The van der Waals surface area contributed by atoms with Crippen molar-refractivity contribution in [2.45, 2.75) is 12.8 Å². The maximum absolute atomic E-state index is 13.4. The molecule has 0 radical (unpaired) electrons. The molecule has 1 fully saturated rings. The van der Waals surface area contributed by atoms with Crippen LogP contribution in [-0.2, 0) is 4.79 Å². The number of rotatable bonds is 3. The van der Waals surface area contributed by atoms with Crippen molar-refractivity contribution in [3.8, 4) is 0 Å². The van der Waals surface area contributed by atoms with E-state index in [2.05, 4.69) is 0 Å². The lowest BCUT2D eigenvalue weighted by atomic mass is 10.1. The van der Waals surface area contributed by atoms with Crippen LogP contribution in [0.5, 0.6) is 0 Å². The molecule has 1 aromatic carbocycles. The average molecular weight is 253 g/mol. The number of carbonyl (C=O) groups is 2. The third kappa shape index (κ3) is 2.98. The summed E-state index contributed by atoms with van der Waals surface area (Å²) in [4.78, 5) is 24.7. The zero-order chi connectivity index (χ0) is 13.1. The van der Waals surface area contributed by atoms with E-state index in [9.17, 15) is 18.4 Å². The van der Waals surface area contributed by atoms with E-state index in [1.807, 2.05) is 0 Å². The van der Waals surface area contributed by atoms with E-state index in [0.29, 0.717) is 25.9 Å². The van der Waals surface area contributed by atoms with Crippen LogP contribution in [0, 0.1) is 11.6 Å². The van der Waals surface area contributed by atoms with Gasteiger partial charge in [-0.2, -0.15) is 0 Å². The first-order valence-electron chi connectivity index (χ1n) is 5.78. The number of piperidine rings is 1. The van der Waals surface area contributed by atoms with E-state index in [0.717, 1.165) is 18.2 Å². The van der Waals surface area contributed by atoms with Gasteiger partial charge in [-0.05, 0) is 18.2 Å². The summed E-state index contributed by atoms with van der Waals surface area (Å²) in [5, 5.41) is 0. The van der Waals surface area contributed by atoms with Crippen LogP contribution in [-0.4, -0.2) is 36.1 Å². The Morgan fingerprint density at radius 3 is 2.56 bits per heavy atom. The standard InChI is InChI=1S/C13H13F2NO2/c14-9-1-2-12(15)11(7-9)13(18)8-16-5-3-10(17)4-6-16/h1-2,7H,3-6,8H2. The van der Waals surface area contributed by atoms with Gasteiger partial charge in [0.05, 0.1) is 12.1 Å². The first-order valence-corrected chi connectivity index (χ1v) is 5.78. The highest BCUT2D eigenvalue weighted by Crippen LogP contribution is 2.12. The Morgan fingerprint density at radius 1 is 1.22 bits per heavy atom. The van der Waals surface area contributed by atoms with E-state index in [4.69, 9.17) is 0 Å². The summed E-state index contributed by atoms with van der Waals surface area (Å²) in [6.07, 6.45) is 0.831. The highest BCUT2D eigenvalue weighted by molar-refractivity contribution is 5.98. The number of hydrogen-bond acceptors (Lipinski definition) is 3. The predicted octanol–water partition coefficient (Wildman–Crippen LogP) is 1.81. The number of benzene rings is 1. The highest BCUT2D eigenvalue weighted by Gasteiger charge is 2.20. The van der Waals surface area contributed by atoms with Crippen molar-refractivity contribution in [1.29, 1.82) is 0 Å². The topological polar surface area (TPSA) is 37.4 Å². The molecular formula is C13H13F2NO2. The summed E-state index contributed by atoms with van der Waals surface area (Å²) in [5.74, 6) is -1.62. The van der Waals surface area contributed by atoms with Gasteiger partial charge in [0.1, 0.15) is 17.4 Å². The SMILES string of the molecule is O=C1CCN(CC(=O)c2cc(F)ccc2F)CC1. The van der Waals surface area contributed by atoms with Crippen LogP contribution in [0.3, 0.4) is 0 Å². The first kappa shape index (κ1) is 12.8. The molecule has 0 amide bonds. The maximum atomic E-state index is 13.4. The van der Waals surface area contributed by atoms with E-state index in [1.54, 1.807) is 4.90 Å². The minimum absolute atomic E-state index is 0.0215. The normalized spacial score (nSPS) is 16.9. The molecular weight excluding hydrogens is 240 g/mol. The molecule has 96 valence electrons. The minimum Gasteiger partial charge on any atom is -0.300 e. The number of likely N-dealkylation sites (tertiary alicyclic amines) is 1. The summed E-state index contributed by atoms with van der Waals surface area (Å²) in [6, 6.07) is 2.83. The quantitative estimate of drug-likeness (QED) is 0.771. The molecule has 0 bridgehead atoms. The van der Waals surface area contributed by atoms with E-state index in [1.165, 1.54) is 0 Å². The third-order valence-corrected chi connectivity index (χ3v) is 3.01. The Labute approximate surface area is 103 Å². The lowest BCUT2D eigenvalue weighted by molar-refractivity contribution is -0.121. The van der Waals surface area contributed by atoms with Gasteiger partial charge in [-0.1, -0.05) is 0 Å². The zero-order valence-electron chi connectivity index (χ0n) is 9.79. The van der Waals surface area contributed by atoms with Gasteiger partial charge in [0.25, 0.3) is 0 Å². The van der Waals surface area contributed by atoms with Crippen LogP contribution in [0.15, 0.2) is 18.2 Å². The number of hydrogen-bond donors (Lipinski definition) is 0. The molecule has 0 unspecified atom stereocenters.